The molecule has 3 N–H and O–H groups in total. The van der Waals surface area contributed by atoms with Crippen molar-refractivity contribution in [1.82, 2.24) is 15.4 Å². The lowest BCUT2D eigenvalue weighted by molar-refractivity contribution is 0.0942. The van der Waals surface area contributed by atoms with E-state index in [9.17, 15) is 13.2 Å². The van der Waals surface area contributed by atoms with Gasteiger partial charge >= 0.3 is 0 Å². The standard InChI is InChI=1S/C13H19N3O3S/c1-2-16-20(18,19)12-5-3-4-11(6-12)13(17)15-9-10-7-14-8-10/h3-6,10,14,16H,2,7-9H2,1H3,(H,15,17). The van der Waals surface area contributed by atoms with Crippen LogP contribution in [0.4, 0.5) is 0 Å². The van der Waals surface area contributed by atoms with Crippen LogP contribution in [0.3, 0.4) is 0 Å². The third-order valence-electron chi connectivity index (χ3n) is 3.16. The summed E-state index contributed by atoms with van der Waals surface area (Å²) in [5, 5.41) is 5.95. The van der Waals surface area contributed by atoms with Crippen molar-refractivity contribution in [1.29, 1.82) is 0 Å². The zero-order valence-corrected chi connectivity index (χ0v) is 12.2. The fraction of sp³-hybridized carbons (Fsp3) is 0.462. The second-order valence-electron chi connectivity index (χ2n) is 4.76. The van der Waals surface area contributed by atoms with Gasteiger partial charge in [-0.25, -0.2) is 13.1 Å². The first-order chi connectivity index (χ1) is 9.53. The molecule has 1 aliphatic rings. The van der Waals surface area contributed by atoms with Gasteiger partial charge in [0.25, 0.3) is 5.91 Å². The normalized spacial score (nSPS) is 15.7. The molecule has 0 unspecified atom stereocenters. The molecule has 2 rings (SSSR count). The zero-order valence-electron chi connectivity index (χ0n) is 11.3. The van der Waals surface area contributed by atoms with Crippen LogP contribution in [0.15, 0.2) is 29.2 Å². The minimum absolute atomic E-state index is 0.109. The Balaban J connectivity index is 2.06. The summed E-state index contributed by atoms with van der Waals surface area (Å²) in [6, 6.07) is 6.06. The number of amides is 1. The van der Waals surface area contributed by atoms with Crippen molar-refractivity contribution in [2.45, 2.75) is 11.8 Å². The first kappa shape index (κ1) is 15.0. The van der Waals surface area contributed by atoms with Crippen molar-refractivity contribution >= 4 is 15.9 Å². The van der Waals surface area contributed by atoms with Crippen LogP contribution in [0.2, 0.25) is 0 Å². The van der Waals surface area contributed by atoms with Gasteiger partial charge in [0.05, 0.1) is 4.90 Å². The first-order valence-corrected chi connectivity index (χ1v) is 8.10. The Bertz CT molecular complexity index is 582. The highest BCUT2D eigenvalue weighted by molar-refractivity contribution is 7.89. The summed E-state index contributed by atoms with van der Waals surface area (Å²) in [5.41, 5.74) is 0.358. The van der Waals surface area contributed by atoms with E-state index in [1.165, 1.54) is 12.1 Å². The lowest BCUT2D eigenvalue weighted by atomic mass is 10.0. The molecule has 1 amide bonds. The van der Waals surface area contributed by atoms with Crippen molar-refractivity contribution < 1.29 is 13.2 Å². The number of benzene rings is 1. The summed E-state index contributed by atoms with van der Waals surface area (Å²) >= 11 is 0. The van der Waals surface area contributed by atoms with Crippen molar-refractivity contribution in [3.05, 3.63) is 29.8 Å². The van der Waals surface area contributed by atoms with E-state index in [0.717, 1.165) is 13.1 Å². The molecule has 0 saturated carbocycles. The Kier molecular flexibility index (Phi) is 4.74. The molecule has 1 saturated heterocycles. The first-order valence-electron chi connectivity index (χ1n) is 6.61. The number of hydrogen-bond donors (Lipinski definition) is 3. The monoisotopic (exact) mass is 297 g/mol. The van der Waals surface area contributed by atoms with Crippen LogP contribution in [0.25, 0.3) is 0 Å². The maximum atomic E-state index is 12.0. The molecule has 0 bridgehead atoms. The molecule has 1 fully saturated rings. The molecule has 0 atom stereocenters. The second-order valence-corrected chi connectivity index (χ2v) is 6.53. The highest BCUT2D eigenvalue weighted by Gasteiger charge is 2.19. The molecule has 0 aliphatic carbocycles. The second kappa shape index (κ2) is 6.34. The van der Waals surface area contributed by atoms with Crippen molar-refractivity contribution in [3.63, 3.8) is 0 Å². The van der Waals surface area contributed by atoms with Crippen LogP contribution in [0.5, 0.6) is 0 Å². The molecule has 1 aromatic carbocycles. The molecule has 6 nitrogen and oxygen atoms in total. The number of nitrogens with one attached hydrogen (secondary N) is 3. The van der Waals surface area contributed by atoms with E-state index in [4.69, 9.17) is 0 Å². The van der Waals surface area contributed by atoms with E-state index in [-0.39, 0.29) is 10.8 Å². The van der Waals surface area contributed by atoms with Gasteiger partial charge < -0.3 is 10.6 Å². The Morgan fingerprint density at radius 2 is 2.15 bits per heavy atom. The predicted octanol–water partition coefficient (Wildman–Crippen LogP) is -0.0660. The van der Waals surface area contributed by atoms with Crippen LogP contribution < -0.4 is 15.4 Å². The molecule has 7 heteroatoms. The van der Waals surface area contributed by atoms with Crippen LogP contribution >= 0.6 is 0 Å². The fourth-order valence-electron chi connectivity index (χ4n) is 1.91. The highest BCUT2D eigenvalue weighted by Crippen LogP contribution is 2.11. The minimum atomic E-state index is -3.53. The van der Waals surface area contributed by atoms with E-state index in [0.29, 0.717) is 24.6 Å². The molecule has 1 aliphatic heterocycles. The smallest absolute Gasteiger partial charge is 0.251 e. The summed E-state index contributed by atoms with van der Waals surface area (Å²) in [7, 11) is -3.53. The van der Waals surface area contributed by atoms with Crippen molar-refractivity contribution in [2.75, 3.05) is 26.2 Å². The van der Waals surface area contributed by atoms with Crippen LogP contribution in [0.1, 0.15) is 17.3 Å². The highest BCUT2D eigenvalue weighted by atomic mass is 32.2. The maximum absolute atomic E-state index is 12.0. The third kappa shape index (κ3) is 3.56. The average Bonchev–Trinajstić information content (AvgIpc) is 2.37. The van der Waals surface area contributed by atoms with Gasteiger partial charge in [-0.2, -0.15) is 0 Å². The molecular formula is C13H19N3O3S. The topological polar surface area (TPSA) is 87.3 Å². The molecule has 0 radical (unpaired) electrons. The molecule has 0 spiro atoms. The van der Waals surface area contributed by atoms with Gasteiger partial charge in [0.15, 0.2) is 0 Å². The number of carbonyl (C=O) groups excluding carboxylic acids is 1. The molecule has 20 heavy (non-hydrogen) atoms. The zero-order chi connectivity index (χ0) is 14.6. The van der Waals surface area contributed by atoms with Crippen LogP contribution in [-0.2, 0) is 10.0 Å². The lowest BCUT2D eigenvalue weighted by Crippen LogP contribution is -2.48. The van der Waals surface area contributed by atoms with E-state index in [2.05, 4.69) is 15.4 Å². The Hall–Kier alpha value is -1.44. The van der Waals surface area contributed by atoms with Crippen molar-refractivity contribution in [3.8, 4) is 0 Å². The lowest BCUT2D eigenvalue weighted by Gasteiger charge is -2.27. The van der Waals surface area contributed by atoms with E-state index in [1.807, 2.05) is 0 Å². The van der Waals surface area contributed by atoms with Gasteiger partial charge in [0.2, 0.25) is 10.0 Å². The number of carbonyl (C=O) groups is 1. The van der Waals surface area contributed by atoms with Gasteiger partial charge in [-0.3, -0.25) is 4.79 Å². The van der Waals surface area contributed by atoms with Gasteiger partial charge in [-0.1, -0.05) is 13.0 Å². The van der Waals surface area contributed by atoms with Gasteiger partial charge in [-0.15, -0.1) is 0 Å². The number of sulfonamides is 1. The number of rotatable bonds is 6. The summed E-state index contributed by atoms with van der Waals surface area (Å²) in [6.07, 6.45) is 0. The third-order valence-corrected chi connectivity index (χ3v) is 4.70. The van der Waals surface area contributed by atoms with Gasteiger partial charge in [0.1, 0.15) is 0 Å². The summed E-state index contributed by atoms with van der Waals surface area (Å²) in [6.45, 7) is 4.45. The van der Waals surface area contributed by atoms with Gasteiger partial charge in [0, 0.05) is 37.7 Å². The van der Waals surface area contributed by atoms with Crippen LogP contribution in [-0.4, -0.2) is 40.5 Å². The van der Waals surface area contributed by atoms with Gasteiger partial charge in [-0.05, 0) is 18.2 Å². The van der Waals surface area contributed by atoms with E-state index in [1.54, 1.807) is 19.1 Å². The molecule has 1 aromatic rings. The molecule has 0 aromatic heterocycles. The Morgan fingerprint density at radius 1 is 1.40 bits per heavy atom. The van der Waals surface area contributed by atoms with E-state index < -0.39 is 10.0 Å². The fourth-order valence-corrected chi connectivity index (χ4v) is 3.00. The summed E-state index contributed by atoms with van der Waals surface area (Å²) in [4.78, 5) is 12.1. The molecular weight excluding hydrogens is 278 g/mol. The largest absolute Gasteiger partial charge is 0.352 e. The van der Waals surface area contributed by atoms with Crippen molar-refractivity contribution in [2.24, 2.45) is 5.92 Å². The quantitative estimate of drug-likeness (QED) is 0.686. The summed E-state index contributed by atoms with van der Waals surface area (Å²) in [5.74, 6) is 0.220. The Morgan fingerprint density at radius 3 is 2.75 bits per heavy atom. The minimum Gasteiger partial charge on any atom is -0.352 e. The Labute approximate surface area is 119 Å². The molecule has 110 valence electrons. The SMILES string of the molecule is CCNS(=O)(=O)c1cccc(C(=O)NCC2CNC2)c1. The van der Waals surface area contributed by atoms with Crippen LogP contribution in [0, 0.1) is 5.92 Å². The average molecular weight is 297 g/mol. The summed E-state index contributed by atoms with van der Waals surface area (Å²) < 4.78 is 26.2. The predicted molar refractivity (Wildman–Crippen MR) is 76.0 cm³/mol. The maximum Gasteiger partial charge on any atom is 0.251 e. The van der Waals surface area contributed by atoms with E-state index >= 15 is 0 Å². The molecule has 1 heterocycles. The number of hydrogen-bond acceptors (Lipinski definition) is 4.